The minimum Gasteiger partial charge on any atom is -0.356 e. The summed E-state index contributed by atoms with van der Waals surface area (Å²) in [5.74, 6) is 2.79. The third-order valence-corrected chi connectivity index (χ3v) is 7.61. The van der Waals surface area contributed by atoms with Crippen molar-refractivity contribution < 1.29 is 4.79 Å². The summed E-state index contributed by atoms with van der Waals surface area (Å²) in [5, 5.41) is 7.90. The van der Waals surface area contributed by atoms with Crippen LogP contribution in [-0.4, -0.2) is 43.3 Å². The number of carbonyl (C=O) groups is 1. The maximum atomic E-state index is 13.1. The van der Waals surface area contributed by atoms with Crippen LogP contribution in [0.2, 0.25) is 0 Å². The average molecular weight is 446 g/mol. The van der Waals surface area contributed by atoms with Crippen LogP contribution in [0.3, 0.4) is 0 Å². The van der Waals surface area contributed by atoms with E-state index in [9.17, 15) is 4.79 Å². The highest BCUT2D eigenvalue weighted by Gasteiger charge is 2.45. The third-order valence-electron chi connectivity index (χ3n) is 7.61. The Hall–Kier alpha value is -3.16. The van der Waals surface area contributed by atoms with Gasteiger partial charge in [-0.1, -0.05) is 6.07 Å². The molecule has 3 aliphatic rings. The lowest BCUT2D eigenvalue weighted by atomic mass is 10.1. The monoisotopic (exact) mass is 445 g/mol. The number of carbonyl (C=O) groups excluding carboxylic acids is 1. The minimum atomic E-state index is -0.0862. The van der Waals surface area contributed by atoms with E-state index < -0.39 is 0 Å². The number of nitrogens with one attached hydrogen (secondary N) is 1. The lowest BCUT2D eigenvalue weighted by molar-refractivity contribution is 0.0925. The highest BCUT2D eigenvalue weighted by molar-refractivity contribution is 5.93. The molecule has 8 nitrogen and oxygen atoms in total. The first-order valence-corrected chi connectivity index (χ1v) is 12.1. The van der Waals surface area contributed by atoms with Gasteiger partial charge < -0.3 is 14.8 Å². The zero-order valence-electron chi connectivity index (χ0n) is 19.6. The van der Waals surface area contributed by atoms with Crippen molar-refractivity contribution in [3.8, 4) is 0 Å². The van der Waals surface area contributed by atoms with E-state index in [4.69, 9.17) is 10.1 Å². The fraction of sp³-hybridized carbons (Fsp3) is 0.520. The summed E-state index contributed by atoms with van der Waals surface area (Å²) in [7, 11) is 2.01. The number of anilines is 1. The second-order valence-electron chi connectivity index (χ2n) is 9.84. The summed E-state index contributed by atoms with van der Waals surface area (Å²) in [4.78, 5) is 24.9. The number of amides is 1. The smallest absolute Gasteiger partial charge is 0.270 e. The molecule has 1 aliphatic heterocycles. The van der Waals surface area contributed by atoms with Crippen LogP contribution in [0.4, 0.5) is 5.82 Å². The van der Waals surface area contributed by atoms with Crippen molar-refractivity contribution in [3.63, 3.8) is 0 Å². The number of piperidine rings is 1. The van der Waals surface area contributed by atoms with Crippen molar-refractivity contribution in [2.45, 2.75) is 52.1 Å². The molecule has 3 aromatic heterocycles. The first kappa shape index (κ1) is 20.4. The van der Waals surface area contributed by atoms with Crippen molar-refractivity contribution in [2.75, 3.05) is 18.0 Å². The van der Waals surface area contributed by atoms with E-state index in [-0.39, 0.29) is 11.9 Å². The Morgan fingerprint density at radius 1 is 1.24 bits per heavy atom. The molecule has 3 aromatic rings. The Bertz CT molecular complexity index is 1220. The zero-order chi connectivity index (χ0) is 22.7. The third kappa shape index (κ3) is 3.61. The molecule has 0 radical (unpaired) electrons. The lowest BCUT2D eigenvalue weighted by Gasteiger charge is -2.20. The van der Waals surface area contributed by atoms with Gasteiger partial charge in [0, 0.05) is 44.5 Å². The van der Waals surface area contributed by atoms with Gasteiger partial charge in [0.1, 0.15) is 11.5 Å². The number of fused-ring (bicyclic) bond motifs is 2. The van der Waals surface area contributed by atoms with E-state index in [2.05, 4.69) is 34.3 Å². The normalized spacial score (nSPS) is 23.0. The predicted octanol–water partition coefficient (Wildman–Crippen LogP) is 2.80. The molecule has 0 aromatic carbocycles. The number of nitrogens with zero attached hydrogens (tertiary/aromatic N) is 6. The molecule has 0 spiro atoms. The first-order valence-electron chi connectivity index (χ1n) is 12.1. The van der Waals surface area contributed by atoms with Crippen LogP contribution in [0.25, 0.3) is 0 Å². The van der Waals surface area contributed by atoms with Crippen LogP contribution < -0.4 is 10.2 Å². The Kier molecular flexibility index (Phi) is 4.78. The summed E-state index contributed by atoms with van der Waals surface area (Å²) in [5.41, 5.74) is 5.90. The molecule has 33 heavy (non-hydrogen) atoms. The summed E-state index contributed by atoms with van der Waals surface area (Å²) in [6, 6.07) is 6.21. The SMILES string of the molecule is CCn1nc(Cc2ccc(N3CC4CC4C3)nc2C)cc1C(=O)N[C@@H]1CCc2c1ncn2C. The van der Waals surface area contributed by atoms with Gasteiger partial charge in [0.05, 0.1) is 23.8 Å². The average Bonchev–Trinajstić information content (AvgIpc) is 3.23. The number of rotatable bonds is 6. The maximum absolute atomic E-state index is 13.1. The highest BCUT2D eigenvalue weighted by Crippen LogP contribution is 2.46. The van der Waals surface area contributed by atoms with Crippen LogP contribution in [0.5, 0.6) is 0 Å². The number of hydrogen-bond donors (Lipinski definition) is 1. The molecule has 1 amide bonds. The molecule has 3 atom stereocenters. The van der Waals surface area contributed by atoms with Crippen molar-refractivity contribution in [1.29, 1.82) is 0 Å². The van der Waals surface area contributed by atoms with Gasteiger partial charge in [-0.25, -0.2) is 9.97 Å². The number of aryl methyl sites for hydroxylation is 3. The molecule has 4 heterocycles. The van der Waals surface area contributed by atoms with Gasteiger partial charge in [-0.2, -0.15) is 5.10 Å². The molecule has 8 heteroatoms. The summed E-state index contributed by atoms with van der Waals surface area (Å²) >= 11 is 0. The fourth-order valence-corrected chi connectivity index (χ4v) is 5.56. The fourth-order valence-electron chi connectivity index (χ4n) is 5.56. The molecule has 172 valence electrons. The van der Waals surface area contributed by atoms with Crippen molar-refractivity contribution in [3.05, 3.63) is 58.6 Å². The lowest BCUT2D eigenvalue weighted by Crippen LogP contribution is -2.29. The van der Waals surface area contributed by atoms with Crippen molar-refractivity contribution in [1.82, 2.24) is 29.6 Å². The van der Waals surface area contributed by atoms with Gasteiger partial charge in [0.15, 0.2) is 0 Å². The summed E-state index contributed by atoms with van der Waals surface area (Å²) in [6.07, 6.45) is 5.72. The molecule has 1 saturated carbocycles. The Labute approximate surface area is 194 Å². The Morgan fingerprint density at radius 2 is 2.06 bits per heavy atom. The topological polar surface area (TPSA) is 80.9 Å². The largest absolute Gasteiger partial charge is 0.356 e. The van der Waals surface area contributed by atoms with E-state index in [0.717, 1.165) is 66.2 Å². The van der Waals surface area contributed by atoms with Gasteiger partial charge in [-0.3, -0.25) is 9.48 Å². The van der Waals surface area contributed by atoms with Gasteiger partial charge >= 0.3 is 0 Å². The molecular formula is C25H31N7O. The highest BCUT2D eigenvalue weighted by atomic mass is 16.2. The van der Waals surface area contributed by atoms with E-state index in [0.29, 0.717) is 18.7 Å². The minimum absolute atomic E-state index is 0.0343. The number of aromatic nitrogens is 5. The summed E-state index contributed by atoms with van der Waals surface area (Å²) in [6.45, 7) is 7.04. The maximum Gasteiger partial charge on any atom is 0.270 e. The number of imidazole rings is 1. The van der Waals surface area contributed by atoms with Gasteiger partial charge in [-0.15, -0.1) is 0 Å². The van der Waals surface area contributed by atoms with Crippen LogP contribution >= 0.6 is 0 Å². The Balaban J connectivity index is 1.17. The van der Waals surface area contributed by atoms with E-state index in [1.54, 1.807) is 4.68 Å². The second-order valence-corrected chi connectivity index (χ2v) is 9.84. The van der Waals surface area contributed by atoms with Crippen LogP contribution in [-0.2, 0) is 26.4 Å². The van der Waals surface area contributed by atoms with Crippen molar-refractivity contribution >= 4 is 11.7 Å². The van der Waals surface area contributed by atoms with Crippen molar-refractivity contribution in [2.24, 2.45) is 18.9 Å². The zero-order valence-corrected chi connectivity index (χ0v) is 19.6. The number of hydrogen-bond acceptors (Lipinski definition) is 5. The predicted molar refractivity (Wildman–Crippen MR) is 125 cm³/mol. The molecule has 1 saturated heterocycles. The van der Waals surface area contributed by atoms with E-state index in [1.807, 2.05) is 30.9 Å². The molecule has 6 rings (SSSR count). The molecule has 2 fully saturated rings. The molecule has 1 N–H and O–H groups in total. The first-order chi connectivity index (χ1) is 16.0. The molecule has 2 unspecified atom stereocenters. The second kappa shape index (κ2) is 7.71. The molecule has 0 bridgehead atoms. The summed E-state index contributed by atoms with van der Waals surface area (Å²) < 4.78 is 3.84. The number of pyridine rings is 1. The van der Waals surface area contributed by atoms with E-state index >= 15 is 0 Å². The van der Waals surface area contributed by atoms with E-state index in [1.165, 1.54) is 12.1 Å². The van der Waals surface area contributed by atoms with Gasteiger partial charge in [0.25, 0.3) is 5.91 Å². The van der Waals surface area contributed by atoms with Crippen LogP contribution in [0, 0.1) is 18.8 Å². The quantitative estimate of drug-likeness (QED) is 0.631. The van der Waals surface area contributed by atoms with Gasteiger partial charge in [0.2, 0.25) is 0 Å². The standard InChI is InChI=1S/C25H31N7O/c1-4-32-22(25(33)28-20-6-7-21-24(20)26-14-30(21)3)11-19(29-32)10-16-5-8-23(27-15(16)2)31-12-17-9-18(17)13-31/h5,8,11,14,17-18,20H,4,6-7,9-10,12-13H2,1-3H3,(H,28,33)/t17?,18?,20-/m1/s1. The van der Waals surface area contributed by atoms with Gasteiger partial charge in [-0.05, 0) is 62.6 Å². The molecular weight excluding hydrogens is 414 g/mol. The van der Waals surface area contributed by atoms with Crippen LogP contribution in [0.1, 0.15) is 64.6 Å². The molecule has 2 aliphatic carbocycles. The van der Waals surface area contributed by atoms with Crippen LogP contribution in [0.15, 0.2) is 24.5 Å². The Morgan fingerprint density at radius 3 is 2.82 bits per heavy atom.